The maximum atomic E-state index is 15.3. The van der Waals surface area contributed by atoms with E-state index < -0.39 is 39.5 Å². The van der Waals surface area contributed by atoms with Crippen molar-refractivity contribution in [3.63, 3.8) is 0 Å². The molecule has 0 aliphatic carbocycles. The molecule has 1 saturated heterocycles. The van der Waals surface area contributed by atoms with Crippen molar-refractivity contribution in [1.29, 1.82) is 0 Å². The number of carbonyl (C=O) groups is 1. The van der Waals surface area contributed by atoms with E-state index in [1.807, 2.05) is 6.07 Å². The van der Waals surface area contributed by atoms with E-state index in [1.54, 1.807) is 35.4 Å². The maximum Gasteiger partial charge on any atom is 0.695 e. The first-order valence-corrected chi connectivity index (χ1v) is 11.6. The third-order valence-corrected chi connectivity index (χ3v) is 6.37. The van der Waals surface area contributed by atoms with Crippen molar-refractivity contribution < 1.29 is 33.0 Å². The molecular weight excluding hydrogens is 454 g/mol. The molecule has 0 spiro atoms. The SMILES string of the molecule is O=C(c1ccccc1)N1CCCc2cn([C@@H]3O[C@H](CO)[C@@H](O[P+](=O)O)[C@H]3F)c3ncnc1c23. The predicted molar refractivity (Wildman–Crippen MR) is 115 cm³/mol. The molecule has 1 aromatic carbocycles. The molecule has 1 unspecified atom stereocenters. The molecule has 3 aromatic rings. The topological polar surface area (TPSA) is 127 Å². The summed E-state index contributed by atoms with van der Waals surface area (Å²) in [5.41, 5.74) is 1.72. The van der Waals surface area contributed by atoms with E-state index in [0.29, 0.717) is 41.8 Å². The van der Waals surface area contributed by atoms with Gasteiger partial charge in [0.15, 0.2) is 18.5 Å². The second kappa shape index (κ2) is 8.85. The minimum Gasteiger partial charge on any atom is -0.394 e. The van der Waals surface area contributed by atoms with Crippen LogP contribution >= 0.6 is 8.25 Å². The molecule has 2 N–H and O–H groups in total. The van der Waals surface area contributed by atoms with E-state index >= 15 is 4.39 Å². The van der Waals surface area contributed by atoms with Crippen LogP contribution in [0.4, 0.5) is 10.2 Å². The highest BCUT2D eigenvalue weighted by molar-refractivity contribution is 7.32. The lowest BCUT2D eigenvalue weighted by Crippen LogP contribution is -2.32. The third-order valence-electron chi connectivity index (χ3n) is 5.95. The Morgan fingerprint density at radius 2 is 2.09 bits per heavy atom. The highest BCUT2D eigenvalue weighted by Crippen LogP contribution is 2.41. The first-order valence-electron chi connectivity index (χ1n) is 10.4. The van der Waals surface area contributed by atoms with Crippen molar-refractivity contribution in [3.8, 4) is 0 Å². The Morgan fingerprint density at radius 3 is 2.82 bits per heavy atom. The van der Waals surface area contributed by atoms with Crippen LogP contribution < -0.4 is 4.90 Å². The number of nitrogens with zero attached hydrogens (tertiary/aromatic N) is 4. The third kappa shape index (κ3) is 3.81. The number of alkyl halides is 1. The second-order valence-corrected chi connectivity index (χ2v) is 8.57. The summed E-state index contributed by atoms with van der Waals surface area (Å²) in [5, 5.41) is 10.2. The zero-order valence-corrected chi connectivity index (χ0v) is 18.2. The van der Waals surface area contributed by atoms with E-state index in [0.717, 1.165) is 5.56 Å². The van der Waals surface area contributed by atoms with Crippen LogP contribution in [0.3, 0.4) is 0 Å². The fourth-order valence-corrected chi connectivity index (χ4v) is 4.96. The van der Waals surface area contributed by atoms with Crippen LogP contribution in [0.2, 0.25) is 0 Å². The van der Waals surface area contributed by atoms with Gasteiger partial charge in [0.1, 0.15) is 23.9 Å². The van der Waals surface area contributed by atoms with Gasteiger partial charge in [-0.3, -0.25) is 9.69 Å². The van der Waals surface area contributed by atoms with Crippen molar-refractivity contribution in [2.75, 3.05) is 18.1 Å². The molecule has 5 rings (SSSR count). The summed E-state index contributed by atoms with van der Waals surface area (Å²) in [5.74, 6) is 0.232. The number of ether oxygens (including phenoxy) is 1. The molecule has 172 valence electrons. The van der Waals surface area contributed by atoms with Gasteiger partial charge in [0, 0.05) is 22.9 Å². The summed E-state index contributed by atoms with van der Waals surface area (Å²) < 4.78 is 38.3. The van der Waals surface area contributed by atoms with Gasteiger partial charge in [-0.2, -0.15) is 0 Å². The number of aliphatic hydroxyl groups is 1. The van der Waals surface area contributed by atoms with Crippen molar-refractivity contribution in [2.45, 2.75) is 37.4 Å². The smallest absolute Gasteiger partial charge is 0.394 e. The van der Waals surface area contributed by atoms with Crippen LogP contribution in [-0.4, -0.2) is 62.0 Å². The van der Waals surface area contributed by atoms with Crippen LogP contribution in [0.15, 0.2) is 42.9 Å². The second-order valence-electron chi connectivity index (χ2n) is 7.88. The number of rotatable bonds is 5. The molecule has 10 nitrogen and oxygen atoms in total. The summed E-state index contributed by atoms with van der Waals surface area (Å²) in [6.07, 6.45) is -1.33. The number of halogens is 1. The number of hydrogen-bond donors (Lipinski definition) is 2. The van der Waals surface area contributed by atoms with Crippen LogP contribution in [0.5, 0.6) is 0 Å². The predicted octanol–water partition coefficient (Wildman–Crippen LogP) is 2.29. The molecule has 0 radical (unpaired) electrons. The number of carbonyl (C=O) groups excluding carboxylic acids is 1. The number of aromatic nitrogens is 3. The molecule has 1 fully saturated rings. The first-order chi connectivity index (χ1) is 16.0. The number of amides is 1. The van der Waals surface area contributed by atoms with Gasteiger partial charge in [-0.15, -0.1) is 9.42 Å². The van der Waals surface area contributed by atoms with E-state index in [1.165, 1.54) is 10.9 Å². The average molecular weight is 475 g/mol. The lowest BCUT2D eigenvalue weighted by atomic mass is 10.1. The van der Waals surface area contributed by atoms with E-state index in [-0.39, 0.29) is 5.91 Å². The number of anilines is 1. The average Bonchev–Trinajstić information content (AvgIpc) is 3.26. The van der Waals surface area contributed by atoms with Gasteiger partial charge in [-0.05, 0) is 30.5 Å². The Balaban J connectivity index is 1.57. The van der Waals surface area contributed by atoms with Crippen molar-refractivity contribution in [1.82, 2.24) is 14.5 Å². The Bertz CT molecular complexity index is 1210. The van der Waals surface area contributed by atoms with Gasteiger partial charge in [-0.25, -0.2) is 14.4 Å². The van der Waals surface area contributed by atoms with Crippen molar-refractivity contribution in [3.05, 3.63) is 54.0 Å². The largest absolute Gasteiger partial charge is 0.695 e. The quantitative estimate of drug-likeness (QED) is 0.539. The standard InChI is InChI=1S/C21H20FN4O6P/c22-16-17(32-33(29)30)14(10-27)31-21(16)26-9-13-7-4-8-25(18-15(13)19(26)24-11-23-18)20(28)12-5-2-1-3-6-12/h1-3,5-6,9,11,14,16-17,21,27H,4,7-8,10H2/p+1/t14-,16-,17-,21-/m1/s1. The zero-order chi connectivity index (χ0) is 23.1. The molecule has 2 aliphatic heterocycles. The molecule has 12 heteroatoms. The molecule has 33 heavy (non-hydrogen) atoms. The number of hydrogen-bond acceptors (Lipinski definition) is 7. The molecule has 0 bridgehead atoms. The Morgan fingerprint density at radius 1 is 1.30 bits per heavy atom. The minimum atomic E-state index is -3.09. The molecule has 5 atom stereocenters. The summed E-state index contributed by atoms with van der Waals surface area (Å²) in [6.45, 7) is -0.122. The zero-order valence-electron chi connectivity index (χ0n) is 17.3. The molecule has 1 amide bonds. The molecule has 0 saturated carbocycles. The van der Waals surface area contributed by atoms with E-state index in [9.17, 15) is 14.5 Å². The highest BCUT2D eigenvalue weighted by Gasteiger charge is 2.51. The lowest BCUT2D eigenvalue weighted by Gasteiger charge is -2.21. The highest BCUT2D eigenvalue weighted by atomic mass is 31.1. The van der Waals surface area contributed by atoms with Crippen LogP contribution in [-0.2, 0) is 20.2 Å². The number of benzene rings is 1. The summed E-state index contributed by atoms with van der Waals surface area (Å²) in [7, 11) is -3.09. The summed E-state index contributed by atoms with van der Waals surface area (Å²) in [6, 6.07) is 8.88. The lowest BCUT2D eigenvalue weighted by molar-refractivity contribution is -0.0434. The fraction of sp³-hybridized carbons (Fsp3) is 0.381. The molecule has 2 aromatic heterocycles. The first kappa shape index (κ1) is 22.0. The number of aliphatic hydroxyl groups excluding tert-OH is 1. The number of aryl methyl sites for hydroxylation is 1. The molecular formula is C21H21FN4O6P+. The summed E-state index contributed by atoms with van der Waals surface area (Å²) >= 11 is 0. The molecule has 4 heterocycles. The van der Waals surface area contributed by atoms with Crippen molar-refractivity contribution in [2.24, 2.45) is 0 Å². The van der Waals surface area contributed by atoms with Gasteiger partial charge >= 0.3 is 8.25 Å². The summed E-state index contributed by atoms with van der Waals surface area (Å²) in [4.78, 5) is 32.6. The van der Waals surface area contributed by atoms with Crippen LogP contribution in [0.1, 0.15) is 28.6 Å². The fourth-order valence-electron chi connectivity index (χ4n) is 4.49. The normalized spacial score (nSPS) is 25.3. The van der Waals surface area contributed by atoms with Crippen molar-refractivity contribution >= 4 is 31.0 Å². The van der Waals surface area contributed by atoms with Gasteiger partial charge < -0.3 is 14.4 Å². The maximum absolute atomic E-state index is 15.3. The molecule has 2 aliphatic rings. The monoisotopic (exact) mass is 475 g/mol. The van der Waals surface area contributed by atoms with Crippen LogP contribution in [0, 0.1) is 0 Å². The van der Waals surface area contributed by atoms with Gasteiger partial charge in [0.05, 0.1) is 12.0 Å². The van der Waals surface area contributed by atoms with Crippen LogP contribution in [0.25, 0.3) is 11.0 Å². The Labute approximate surface area is 188 Å². The van der Waals surface area contributed by atoms with E-state index in [2.05, 4.69) is 9.97 Å². The van der Waals surface area contributed by atoms with Gasteiger partial charge in [0.25, 0.3) is 5.91 Å². The Kier molecular flexibility index (Phi) is 5.90. The van der Waals surface area contributed by atoms with E-state index in [4.69, 9.17) is 14.2 Å². The van der Waals surface area contributed by atoms with Gasteiger partial charge in [-0.1, -0.05) is 18.2 Å². The van der Waals surface area contributed by atoms with Gasteiger partial charge in [0.2, 0.25) is 0 Å². The Hall–Kier alpha value is -2.82. The minimum absolute atomic E-state index is 0.197.